The standard InChI is InChI=1S/C15H24N2O2/c1-11-9-14(19-4)12(2)8-13(11)10-17-15(18)6-5-7-16-3/h8-9,16H,5-7,10H2,1-4H3,(H,17,18). The van der Waals surface area contributed by atoms with E-state index in [2.05, 4.69) is 16.7 Å². The van der Waals surface area contributed by atoms with Crippen LogP contribution in [-0.2, 0) is 11.3 Å². The first-order valence-electron chi connectivity index (χ1n) is 6.64. The van der Waals surface area contributed by atoms with Gasteiger partial charge in [0.05, 0.1) is 7.11 Å². The van der Waals surface area contributed by atoms with Crippen molar-refractivity contribution in [2.75, 3.05) is 20.7 Å². The monoisotopic (exact) mass is 264 g/mol. The van der Waals surface area contributed by atoms with Gasteiger partial charge in [-0.3, -0.25) is 4.79 Å². The summed E-state index contributed by atoms with van der Waals surface area (Å²) in [5.41, 5.74) is 3.37. The van der Waals surface area contributed by atoms with E-state index in [4.69, 9.17) is 4.74 Å². The normalized spacial score (nSPS) is 10.3. The molecule has 2 N–H and O–H groups in total. The van der Waals surface area contributed by atoms with Crippen LogP contribution < -0.4 is 15.4 Å². The minimum atomic E-state index is 0.100. The van der Waals surface area contributed by atoms with Crippen molar-refractivity contribution in [3.63, 3.8) is 0 Å². The molecule has 1 aromatic carbocycles. The Morgan fingerprint density at radius 1 is 1.26 bits per heavy atom. The summed E-state index contributed by atoms with van der Waals surface area (Å²) in [7, 11) is 3.56. The van der Waals surface area contributed by atoms with Crippen LogP contribution in [0.5, 0.6) is 5.75 Å². The van der Waals surface area contributed by atoms with E-state index in [1.807, 2.05) is 27.0 Å². The Bertz CT molecular complexity index is 430. The molecule has 19 heavy (non-hydrogen) atoms. The molecule has 0 bridgehead atoms. The van der Waals surface area contributed by atoms with Gasteiger partial charge in [-0.25, -0.2) is 0 Å². The van der Waals surface area contributed by atoms with Crippen LogP contribution in [0, 0.1) is 13.8 Å². The van der Waals surface area contributed by atoms with Crippen molar-refractivity contribution >= 4 is 5.91 Å². The topological polar surface area (TPSA) is 50.4 Å². The highest BCUT2D eigenvalue weighted by molar-refractivity contribution is 5.75. The lowest BCUT2D eigenvalue weighted by Gasteiger charge is -2.12. The summed E-state index contributed by atoms with van der Waals surface area (Å²) >= 11 is 0. The average Bonchev–Trinajstić information content (AvgIpc) is 2.39. The molecule has 4 heteroatoms. The first kappa shape index (κ1) is 15.5. The minimum Gasteiger partial charge on any atom is -0.496 e. The highest BCUT2D eigenvalue weighted by atomic mass is 16.5. The Labute approximate surface area is 115 Å². The van der Waals surface area contributed by atoms with Crippen LogP contribution in [0.15, 0.2) is 12.1 Å². The molecule has 106 valence electrons. The van der Waals surface area contributed by atoms with Gasteiger partial charge >= 0.3 is 0 Å². The zero-order chi connectivity index (χ0) is 14.3. The van der Waals surface area contributed by atoms with Crippen molar-refractivity contribution in [2.24, 2.45) is 0 Å². The number of hydrogen-bond donors (Lipinski definition) is 2. The summed E-state index contributed by atoms with van der Waals surface area (Å²) in [6, 6.07) is 4.08. The smallest absolute Gasteiger partial charge is 0.220 e. The number of methoxy groups -OCH3 is 1. The number of carbonyl (C=O) groups is 1. The molecule has 0 aromatic heterocycles. The summed E-state index contributed by atoms with van der Waals surface area (Å²) in [5.74, 6) is 0.990. The molecule has 0 aliphatic carbocycles. The zero-order valence-corrected chi connectivity index (χ0v) is 12.3. The minimum absolute atomic E-state index is 0.100. The van der Waals surface area contributed by atoms with Gasteiger partial charge < -0.3 is 15.4 Å². The van der Waals surface area contributed by atoms with E-state index in [-0.39, 0.29) is 5.91 Å². The van der Waals surface area contributed by atoms with Crippen LogP contribution >= 0.6 is 0 Å². The second kappa shape index (κ2) is 7.79. The number of amides is 1. The Kier molecular flexibility index (Phi) is 6.36. The maximum absolute atomic E-state index is 11.6. The van der Waals surface area contributed by atoms with Crippen molar-refractivity contribution in [3.05, 3.63) is 28.8 Å². The van der Waals surface area contributed by atoms with E-state index in [1.165, 1.54) is 0 Å². The molecule has 0 saturated carbocycles. The number of ether oxygens (including phenoxy) is 1. The van der Waals surface area contributed by atoms with Gasteiger partial charge in [0.25, 0.3) is 0 Å². The molecule has 0 saturated heterocycles. The fourth-order valence-electron chi connectivity index (χ4n) is 1.97. The summed E-state index contributed by atoms with van der Waals surface area (Å²) < 4.78 is 5.28. The maximum atomic E-state index is 11.6. The maximum Gasteiger partial charge on any atom is 0.220 e. The molecule has 4 nitrogen and oxygen atoms in total. The summed E-state index contributed by atoms with van der Waals surface area (Å²) in [6.45, 7) is 5.49. The van der Waals surface area contributed by atoms with Gasteiger partial charge in [0.15, 0.2) is 0 Å². The second-order valence-corrected chi connectivity index (χ2v) is 4.73. The van der Waals surface area contributed by atoms with Crippen molar-refractivity contribution < 1.29 is 9.53 Å². The Hall–Kier alpha value is -1.55. The van der Waals surface area contributed by atoms with E-state index in [0.717, 1.165) is 35.4 Å². The Morgan fingerprint density at radius 2 is 2.00 bits per heavy atom. The number of benzene rings is 1. The predicted octanol–water partition coefficient (Wildman–Crippen LogP) is 1.93. The summed E-state index contributed by atoms with van der Waals surface area (Å²) in [4.78, 5) is 11.6. The molecule has 0 radical (unpaired) electrons. The van der Waals surface area contributed by atoms with Crippen LogP contribution in [0.25, 0.3) is 0 Å². The lowest BCUT2D eigenvalue weighted by Crippen LogP contribution is -2.24. The van der Waals surface area contributed by atoms with E-state index in [1.54, 1.807) is 7.11 Å². The van der Waals surface area contributed by atoms with Gasteiger partial charge in [0.1, 0.15) is 5.75 Å². The van der Waals surface area contributed by atoms with Gasteiger partial charge in [-0.15, -0.1) is 0 Å². The molecule has 0 aliphatic heterocycles. The van der Waals surface area contributed by atoms with Gasteiger partial charge in [-0.05, 0) is 56.6 Å². The van der Waals surface area contributed by atoms with E-state index >= 15 is 0 Å². The average molecular weight is 264 g/mol. The third kappa shape index (κ3) is 4.91. The summed E-state index contributed by atoms with van der Waals surface area (Å²) in [6.07, 6.45) is 1.43. The van der Waals surface area contributed by atoms with Crippen LogP contribution in [0.2, 0.25) is 0 Å². The van der Waals surface area contributed by atoms with E-state index in [0.29, 0.717) is 13.0 Å². The van der Waals surface area contributed by atoms with Crippen molar-refractivity contribution in [1.29, 1.82) is 0 Å². The zero-order valence-electron chi connectivity index (χ0n) is 12.3. The van der Waals surface area contributed by atoms with E-state index in [9.17, 15) is 4.79 Å². The van der Waals surface area contributed by atoms with E-state index < -0.39 is 0 Å². The molecule has 1 aromatic rings. The first-order valence-corrected chi connectivity index (χ1v) is 6.64. The van der Waals surface area contributed by atoms with Crippen LogP contribution in [-0.4, -0.2) is 26.6 Å². The number of carbonyl (C=O) groups excluding carboxylic acids is 1. The van der Waals surface area contributed by atoms with Gasteiger partial charge in [0.2, 0.25) is 5.91 Å². The van der Waals surface area contributed by atoms with Gasteiger partial charge in [0, 0.05) is 13.0 Å². The highest BCUT2D eigenvalue weighted by Crippen LogP contribution is 2.22. The molecule has 1 rings (SSSR count). The molecular weight excluding hydrogens is 240 g/mol. The second-order valence-electron chi connectivity index (χ2n) is 4.73. The molecule has 0 fully saturated rings. The van der Waals surface area contributed by atoms with Crippen molar-refractivity contribution in [1.82, 2.24) is 10.6 Å². The Morgan fingerprint density at radius 3 is 2.63 bits per heavy atom. The van der Waals surface area contributed by atoms with Crippen molar-refractivity contribution in [2.45, 2.75) is 33.2 Å². The lowest BCUT2D eigenvalue weighted by atomic mass is 10.0. The fraction of sp³-hybridized carbons (Fsp3) is 0.533. The Balaban J connectivity index is 2.53. The molecular formula is C15H24N2O2. The molecule has 1 amide bonds. The molecule has 0 unspecified atom stereocenters. The molecule has 0 spiro atoms. The van der Waals surface area contributed by atoms with Crippen LogP contribution in [0.1, 0.15) is 29.5 Å². The van der Waals surface area contributed by atoms with Gasteiger partial charge in [-0.1, -0.05) is 6.07 Å². The molecule has 0 aliphatic rings. The van der Waals surface area contributed by atoms with Crippen LogP contribution in [0.4, 0.5) is 0 Å². The van der Waals surface area contributed by atoms with Gasteiger partial charge in [-0.2, -0.15) is 0 Å². The van der Waals surface area contributed by atoms with Crippen molar-refractivity contribution in [3.8, 4) is 5.75 Å². The molecule has 0 heterocycles. The molecule has 0 atom stereocenters. The number of rotatable bonds is 7. The number of nitrogens with one attached hydrogen (secondary N) is 2. The fourth-order valence-corrected chi connectivity index (χ4v) is 1.97. The summed E-state index contributed by atoms with van der Waals surface area (Å²) in [5, 5.41) is 5.99. The highest BCUT2D eigenvalue weighted by Gasteiger charge is 2.06. The third-order valence-electron chi connectivity index (χ3n) is 3.16. The predicted molar refractivity (Wildman–Crippen MR) is 77.5 cm³/mol. The number of hydrogen-bond acceptors (Lipinski definition) is 3. The number of aryl methyl sites for hydroxylation is 2. The lowest BCUT2D eigenvalue weighted by molar-refractivity contribution is -0.121. The van der Waals surface area contributed by atoms with Crippen LogP contribution in [0.3, 0.4) is 0 Å². The SMILES string of the molecule is CNCCCC(=O)NCc1cc(C)c(OC)cc1C. The quantitative estimate of drug-likeness (QED) is 0.740. The third-order valence-corrected chi connectivity index (χ3v) is 3.16. The first-order chi connectivity index (χ1) is 9.08. The largest absolute Gasteiger partial charge is 0.496 e.